The molecule has 0 N–H and O–H groups in total. The van der Waals surface area contributed by atoms with Crippen LogP contribution < -0.4 is 0 Å². The molecule has 3 rings (SSSR count). The van der Waals surface area contributed by atoms with Crippen LogP contribution in [0.5, 0.6) is 0 Å². The van der Waals surface area contributed by atoms with Crippen LogP contribution >= 0.6 is 0 Å². The zero-order valence-electron chi connectivity index (χ0n) is 13.1. The molecule has 0 aliphatic heterocycles. The van der Waals surface area contributed by atoms with Crippen LogP contribution in [-0.2, 0) is 13.0 Å². The van der Waals surface area contributed by atoms with Gasteiger partial charge in [-0.1, -0.05) is 31.2 Å². The van der Waals surface area contributed by atoms with Gasteiger partial charge in [-0.2, -0.15) is 0 Å². The zero-order valence-corrected chi connectivity index (χ0v) is 13.1. The minimum absolute atomic E-state index is 0.0189. The second-order valence-corrected chi connectivity index (χ2v) is 5.88. The number of aromatic nitrogens is 2. The molecule has 1 saturated carbocycles. The topological polar surface area (TPSA) is 46.1 Å². The fraction of sp³-hybridized carbons (Fsp3) is 0.389. The summed E-state index contributed by atoms with van der Waals surface area (Å²) in [6.07, 6.45) is 6.42. The maximum Gasteiger partial charge on any atom is 0.274 e. The fourth-order valence-electron chi connectivity index (χ4n) is 2.48. The molecule has 0 spiro atoms. The standard InChI is InChI=1S/C18H21N3O/c1-3-14-4-6-15(7-5-14)12-21(16-8-9-16)18(22)17-11-19-13(2)10-20-17/h4-7,10-11,16H,3,8-9,12H2,1-2H3. The Balaban J connectivity index is 1.77. The van der Waals surface area contributed by atoms with Crippen LogP contribution in [0.3, 0.4) is 0 Å². The van der Waals surface area contributed by atoms with Crippen molar-refractivity contribution in [3.05, 3.63) is 59.2 Å². The predicted octanol–water partition coefficient (Wildman–Crippen LogP) is 3.15. The van der Waals surface area contributed by atoms with Gasteiger partial charge in [0.2, 0.25) is 0 Å². The molecule has 4 nitrogen and oxygen atoms in total. The van der Waals surface area contributed by atoms with Gasteiger partial charge in [0.05, 0.1) is 11.9 Å². The Labute approximate surface area is 131 Å². The van der Waals surface area contributed by atoms with Crippen LogP contribution in [0, 0.1) is 6.92 Å². The lowest BCUT2D eigenvalue weighted by molar-refractivity contribution is 0.0723. The summed E-state index contributed by atoms with van der Waals surface area (Å²) in [7, 11) is 0. The number of amides is 1. The number of carbonyl (C=O) groups excluding carboxylic acids is 1. The molecular weight excluding hydrogens is 274 g/mol. The van der Waals surface area contributed by atoms with E-state index in [1.54, 1.807) is 12.4 Å². The molecule has 22 heavy (non-hydrogen) atoms. The molecule has 1 aliphatic carbocycles. The Bertz CT molecular complexity index is 645. The summed E-state index contributed by atoms with van der Waals surface area (Å²) in [5.41, 5.74) is 3.74. The molecule has 1 aliphatic rings. The van der Waals surface area contributed by atoms with Gasteiger partial charge in [0.1, 0.15) is 5.69 Å². The predicted molar refractivity (Wildman–Crippen MR) is 85.5 cm³/mol. The maximum atomic E-state index is 12.7. The van der Waals surface area contributed by atoms with Gasteiger partial charge in [-0.15, -0.1) is 0 Å². The van der Waals surface area contributed by atoms with Crippen molar-refractivity contribution in [2.75, 3.05) is 0 Å². The first kappa shape index (κ1) is 14.7. The van der Waals surface area contributed by atoms with Crippen molar-refractivity contribution in [2.24, 2.45) is 0 Å². The first-order chi connectivity index (χ1) is 10.7. The van der Waals surface area contributed by atoms with Gasteiger partial charge in [0, 0.05) is 18.8 Å². The van der Waals surface area contributed by atoms with Gasteiger partial charge in [0.15, 0.2) is 0 Å². The average Bonchev–Trinajstić information content (AvgIpc) is 3.38. The van der Waals surface area contributed by atoms with Gasteiger partial charge >= 0.3 is 0 Å². The Morgan fingerprint density at radius 2 is 1.82 bits per heavy atom. The first-order valence-electron chi connectivity index (χ1n) is 7.85. The largest absolute Gasteiger partial charge is 0.330 e. The summed E-state index contributed by atoms with van der Waals surface area (Å²) in [6, 6.07) is 8.85. The Kier molecular flexibility index (Phi) is 4.18. The van der Waals surface area contributed by atoms with Gasteiger partial charge in [-0.3, -0.25) is 9.78 Å². The van der Waals surface area contributed by atoms with E-state index in [4.69, 9.17) is 0 Å². The number of hydrogen-bond acceptors (Lipinski definition) is 3. The van der Waals surface area contributed by atoms with E-state index in [0.29, 0.717) is 18.3 Å². The van der Waals surface area contributed by atoms with Crippen molar-refractivity contribution in [3.8, 4) is 0 Å². The molecule has 2 aromatic rings. The van der Waals surface area contributed by atoms with Crippen molar-refractivity contribution in [3.63, 3.8) is 0 Å². The SMILES string of the molecule is CCc1ccc(CN(C(=O)c2cnc(C)cn2)C2CC2)cc1. The van der Waals surface area contributed by atoms with E-state index in [2.05, 4.69) is 41.2 Å². The molecule has 1 aromatic carbocycles. The smallest absolute Gasteiger partial charge is 0.274 e. The van der Waals surface area contributed by atoms with Crippen molar-refractivity contribution in [1.29, 1.82) is 0 Å². The lowest BCUT2D eigenvalue weighted by atomic mass is 10.1. The summed E-state index contributed by atoms with van der Waals surface area (Å²) >= 11 is 0. The third-order valence-corrected chi connectivity index (χ3v) is 4.03. The van der Waals surface area contributed by atoms with E-state index < -0.39 is 0 Å². The average molecular weight is 295 g/mol. The van der Waals surface area contributed by atoms with Crippen LogP contribution in [0.15, 0.2) is 36.7 Å². The van der Waals surface area contributed by atoms with Crippen molar-refractivity contribution in [1.82, 2.24) is 14.9 Å². The normalized spacial score (nSPS) is 13.9. The van der Waals surface area contributed by atoms with Crippen molar-refractivity contribution >= 4 is 5.91 Å². The van der Waals surface area contributed by atoms with Crippen molar-refractivity contribution in [2.45, 2.75) is 45.7 Å². The molecular formula is C18H21N3O. The third-order valence-electron chi connectivity index (χ3n) is 4.03. The lowest BCUT2D eigenvalue weighted by Gasteiger charge is -2.22. The number of nitrogens with zero attached hydrogens (tertiary/aromatic N) is 3. The van der Waals surface area contributed by atoms with Crippen molar-refractivity contribution < 1.29 is 4.79 Å². The zero-order chi connectivity index (χ0) is 15.5. The Morgan fingerprint density at radius 3 is 2.36 bits per heavy atom. The van der Waals surface area contributed by atoms with E-state index in [0.717, 1.165) is 30.5 Å². The van der Waals surface area contributed by atoms with Gasteiger partial charge in [0.25, 0.3) is 5.91 Å². The molecule has 1 amide bonds. The maximum absolute atomic E-state index is 12.7. The first-order valence-corrected chi connectivity index (χ1v) is 7.85. The number of benzene rings is 1. The summed E-state index contributed by atoms with van der Waals surface area (Å²) in [6.45, 7) is 4.66. The van der Waals surface area contributed by atoms with E-state index >= 15 is 0 Å². The molecule has 1 aromatic heterocycles. The summed E-state index contributed by atoms with van der Waals surface area (Å²) in [5.74, 6) is -0.0189. The van der Waals surface area contributed by atoms with Crippen LogP contribution in [0.25, 0.3) is 0 Å². The van der Waals surface area contributed by atoms with Gasteiger partial charge < -0.3 is 4.90 Å². The minimum atomic E-state index is -0.0189. The second-order valence-electron chi connectivity index (χ2n) is 5.88. The molecule has 0 saturated heterocycles. The molecule has 0 bridgehead atoms. The molecule has 0 unspecified atom stereocenters. The van der Waals surface area contributed by atoms with Gasteiger partial charge in [-0.05, 0) is 37.3 Å². The van der Waals surface area contributed by atoms with Crippen LogP contribution in [-0.4, -0.2) is 26.8 Å². The molecule has 0 radical (unpaired) electrons. The van der Waals surface area contributed by atoms with Crippen LogP contribution in [0.4, 0.5) is 0 Å². The quantitative estimate of drug-likeness (QED) is 0.851. The molecule has 1 heterocycles. The third kappa shape index (κ3) is 3.32. The summed E-state index contributed by atoms with van der Waals surface area (Å²) in [4.78, 5) is 23.0. The number of rotatable bonds is 5. The molecule has 0 atom stereocenters. The molecule has 114 valence electrons. The van der Waals surface area contributed by atoms with Gasteiger partial charge in [-0.25, -0.2) is 4.98 Å². The summed E-state index contributed by atoms with van der Waals surface area (Å²) < 4.78 is 0. The van der Waals surface area contributed by atoms with Crippen LogP contribution in [0.2, 0.25) is 0 Å². The number of aryl methyl sites for hydroxylation is 2. The monoisotopic (exact) mass is 295 g/mol. The van der Waals surface area contributed by atoms with E-state index in [9.17, 15) is 4.79 Å². The highest BCUT2D eigenvalue weighted by molar-refractivity contribution is 5.92. The van der Waals surface area contributed by atoms with E-state index in [1.807, 2.05) is 11.8 Å². The minimum Gasteiger partial charge on any atom is -0.330 e. The fourth-order valence-corrected chi connectivity index (χ4v) is 2.48. The highest BCUT2D eigenvalue weighted by atomic mass is 16.2. The summed E-state index contributed by atoms with van der Waals surface area (Å²) in [5, 5.41) is 0. The molecule has 4 heteroatoms. The van der Waals surface area contributed by atoms with E-state index in [1.165, 1.54) is 5.56 Å². The Hall–Kier alpha value is -2.23. The molecule has 1 fully saturated rings. The van der Waals surface area contributed by atoms with Crippen LogP contribution in [0.1, 0.15) is 47.1 Å². The lowest BCUT2D eigenvalue weighted by Crippen LogP contribution is -2.33. The second kappa shape index (κ2) is 6.26. The number of hydrogen-bond donors (Lipinski definition) is 0. The Morgan fingerprint density at radius 1 is 1.14 bits per heavy atom. The highest BCUT2D eigenvalue weighted by Crippen LogP contribution is 2.29. The van der Waals surface area contributed by atoms with E-state index in [-0.39, 0.29) is 5.91 Å². The number of carbonyl (C=O) groups is 1. The highest BCUT2D eigenvalue weighted by Gasteiger charge is 2.33.